The summed E-state index contributed by atoms with van der Waals surface area (Å²) in [7, 11) is 1.38. The van der Waals surface area contributed by atoms with E-state index in [1.54, 1.807) is 19.9 Å². The van der Waals surface area contributed by atoms with Crippen molar-refractivity contribution in [3.05, 3.63) is 0 Å². The van der Waals surface area contributed by atoms with Crippen LogP contribution >= 0.6 is 0 Å². The number of nitrogens with zero attached hydrogens (tertiary/aromatic N) is 1. The molecule has 0 rings (SSSR count). The lowest BCUT2D eigenvalue weighted by molar-refractivity contribution is -0.132. The van der Waals surface area contributed by atoms with Crippen LogP contribution < -0.4 is 10.6 Å². The van der Waals surface area contributed by atoms with E-state index in [9.17, 15) is 9.59 Å². The minimum absolute atomic E-state index is 0.0759. The molecule has 2 amide bonds. The molecule has 0 aliphatic carbocycles. The van der Waals surface area contributed by atoms with Crippen LogP contribution in [-0.4, -0.2) is 24.9 Å². The monoisotopic (exact) mass is 183 g/mol. The molecule has 2 N–H and O–H groups in total. The van der Waals surface area contributed by atoms with Gasteiger partial charge in [0, 0.05) is 13.1 Å². The highest BCUT2D eigenvalue weighted by Crippen LogP contribution is 1.95. The number of nitrogens with one attached hydrogen (secondary N) is 2. The minimum Gasteiger partial charge on any atom is -0.358 e. The lowest BCUT2D eigenvalue weighted by atomic mass is 10.1. The molecular formula is C8H13N3O2. The second-order valence-electron chi connectivity index (χ2n) is 2.84. The van der Waals surface area contributed by atoms with E-state index in [1.807, 2.05) is 0 Å². The molecule has 0 aromatic heterocycles. The largest absolute Gasteiger partial charge is 0.358 e. The summed E-state index contributed by atoms with van der Waals surface area (Å²) in [4.78, 5) is 22.2. The lowest BCUT2D eigenvalue weighted by Crippen LogP contribution is -2.41. The van der Waals surface area contributed by atoms with Gasteiger partial charge in [0.05, 0.1) is 6.07 Å². The molecule has 1 unspecified atom stereocenters. The van der Waals surface area contributed by atoms with Crippen molar-refractivity contribution < 1.29 is 9.59 Å². The van der Waals surface area contributed by atoms with Crippen molar-refractivity contribution in [2.45, 2.75) is 19.9 Å². The third-order valence-corrected chi connectivity index (χ3v) is 1.33. The Balaban J connectivity index is 4.35. The van der Waals surface area contributed by atoms with Gasteiger partial charge in [-0.2, -0.15) is 5.26 Å². The zero-order valence-corrected chi connectivity index (χ0v) is 7.92. The average Bonchev–Trinajstić information content (AvgIpc) is 2.03. The van der Waals surface area contributed by atoms with Crippen LogP contribution in [0.3, 0.4) is 0 Å². The van der Waals surface area contributed by atoms with Crippen molar-refractivity contribution in [1.29, 1.82) is 5.26 Å². The van der Waals surface area contributed by atoms with Gasteiger partial charge in [0.15, 0.2) is 0 Å². The van der Waals surface area contributed by atoms with Crippen molar-refractivity contribution in [1.82, 2.24) is 10.6 Å². The molecule has 5 heteroatoms. The number of carbonyl (C=O) groups excluding carboxylic acids is 2. The van der Waals surface area contributed by atoms with E-state index in [0.29, 0.717) is 0 Å². The molecule has 5 nitrogen and oxygen atoms in total. The average molecular weight is 183 g/mol. The maximum atomic E-state index is 11.2. The highest BCUT2D eigenvalue weighted by molar-refractivity contribution is 6.02. The Morgan fingerprint density at radius 1 is 1.31 bits per heavy atom. The van der Waals surface area contributed by atoms with Crippen molar-refractivity contribution in [2.75, 3.05) is 7.05 Å². The zero-order valence-electron chi connectivity index (χ0n) is 7.92. The van der Waals surface area contributed by atoms with E-state index in [0.717, 1.165) is 0 Å². The summed E-state index contributed by atoms with van der Waals surface area (Å²) in [5.74, 6) is -2.40. The van der Waals surface area contributed by atoms with Crippen LogP contribution in [-0.2, 0) is 9.59 Å². The normalized spacial score (nSPS) is 11.6. The Labute approximate surface area is 77.1 Å². The molecule has 0 aliphatic rings. The van der Waals surface area contributed by atoms with Gasteiger partial charge in [-0.15, -0.1) is 0 Å². The van der Waals surface area contributed by atoms with E-state index in [4.69, 9.17) is 5.26 Å². The number of nitriles is 1. The first-order chi connectivity index (χ1) is 6.02. The van der Waals surface area contributed by atoms with Crippen LogP contribution in [0.5, 0.6) is 0 Å². The topological polar surface area (TPSA) is 82.0 Å². The summed E-state index contributed by atoms with van der Waals surface area (Å²) in [5.41, 5.74) is 0. The van der Waals surface area contributed by atoms with Gasteiger partial charge in [-0.3, -0.25) is 9.59 Å². The number of hydrogen-bond acceptors (Lipinski definition) is 3. The van der Waals surface area contributed by atoms with Crippen LogP contribution in [0.15, 0.2) is 0 Å². The van der Waals surface area contributed by atoms with E-state index in [-0.39, 0.29) is 6.04 Å². The first kappa shape index (κ1) is 11.4. The van der Waals surface area contributed by atoms with Gasteiger partial charge in [0.2, 0.25) is 17.7 Å². The van der Waals surface area contributed by atoms with Crippen LogP contribution in [0, 0.1) is 17.2 Å². The highest BCUT2D eigenvalue weighted by atomic mass is 16.2. The van der Waals surface area contributed by atoms with Gasteiger partial charge in [0.1, 0.15) is 0 Å². The summed E-state index contributed by atoms with van der Waals surface area (Å²) in [6.07, 6.45) is 0. The fourth-order valence-corrected chi connectivity index (χ4v) is 0.749. The molecule has 0 radical (unpaired) electrons. The lowest BCUT2D eigenvalue weighted by Gasteiger charge is -2.11. The van der Waals surface area contributed by atoms with Crippen LogP contribution in [0.4, 0.5) is 0 Å². The molecule has 13 heavy (non-hydrogen) atoms. The fourth-order valence-electron chi connectivity index (χ4n) is 0.749. The molecule has 0 spiro atoms. The van der Waals surface area contributed by atoms with Crippen LogP contribution in [0.1, 0.15) is 13.8 Å². The molecule has 0 aromatic carbocycles. The van der Waals surface area contributed by atoms with Crippen LogP contribution in [0.2, 0.25) is 0 Å². The van der Waals surface area contributed by atoms with E-state index >= 15 is 0 Å². The summed E-state index contributed by atoms with van der Waals surface area (Å²) < 4.78 is 0. The fraction of sp³-hybridized carbons (Fsp3) is 0.625. The molecule has 0 saturated heterocycles. The van der Waals surface area contributed by atoms with Gasteiger partial charge in [0.25, 0.3) is 0 Å². The second kappa shape index (κ2) is 5.14. The predicted molar refractivity (Wildman–Crippen MR) is 46.4 cm³/mol. The van der Waals surface area contributed by atoms with Gasteiger partial charge in [-0.1, -0.05) is 0 Å². The van der Waals surface area contributed by atoms with Crippen molar-refractivity contribution in [3.63, 3.8) is 0 Å². The molecule has 0 saturated carbocycles. The maximum Gasteiger partial charge on any atom is 0.247 e. The van der Waals surface area contributed by atoms with Crippen molar-refractivity contribution >= 4 is 11.8 Å². The van der Waals surface area contributed by atoms with E-state index in [2.05, 4.69) is 10.6 Å². The van der Waals surface area contributed by atoms with Crippen molar-refractivity contribution in [3.8, 4) is 6.07 Å². The molecule has 1 atom stereocenters. The number of carbonyl (C=O) groups is 2. The first-order valence-electron chi connectivity index (χ1n) is 3.94. The van der Waals surface area contributed by atoms with Crippen LogP contribution in [0.25, 0.3) is 0 Å². The molecule has 0 aliphatic heterocycles. The second-order valence-corrected chi connectivity index (χ2v) is 2.84. The third-order valence-electron chi connectivity index (χ3n) is 1.33. The summed E-state index contributed by atoms with van der Waals surface area (Å²) in [5, 5.41) is 13.3. The molecule has 0 aromatic rings. The molecule has 0 fully saturated rings. The Morgan fingerprint density at radius 2 is 1.85 bits per heavy atom. The summed E-state index contributed by atoms with van der Waals surface area (Å²) >= 11 is 0. The molecule has 72 valence electrons. The standard InChI is InChI=1S/C8H13N3O2/c1-5(2)11-8(13)6(4-9)7(12)10-3/h5-6H,1-3H3,(H,10,12)(H,11,13). The number of hydrogen-bond donors (Lipinski definition) is 2. The Bertz CT molecular complexity index is 242. The Morgan fingerprint density at radius 3 is 2.15 bits per heavy atom. The predicted octanol–water partition coefficient (Wildman–Crippen LogP) is -0.603. The third kappa shape index (κ3) is 3.56. The summed E-state index contributed by atoms with van der Waals surface area (Å²) in [6, 6.07) is 1.56. The van der Waals surface area contributed by atoms with Gasteiger partial charge < -0.3 is 10.6 Å². The van der Waals surface area contributed by atoms with E-state index in [1.165, 1.54) is 7.05 Å². The minimum atomic E-state index is -1.26. The Hall–Kier alpha value is -1.57. The number of rotatable bonds is 3. The zero-order chi connectivity index (χ0) is 10.4. The SMILES string of the molecule is CNC(=O)C(C#N)C(=O)NC(C)C. The van der Waals surface area contributed by atoms with Gasteiger partial charge in [-0.25, -0.2) is 0 Å². The quantitative estimate of drug-likeness (QED) is 0.573. The molecular weight excluding hydrogens is 170 g/mol. The van der Waals surface area contributed by atoms with E-state index < -0.39 is 17.7 Å². The first-order valence-corrected chi connectivity index (χ1v) is 3.94. The highest BCUT2D eigenvalue weighted by Gasteiger charge is 2.25. The summed E-state index contributed by atoms with van der Waals surface area (Å²) in [6.45, 7) is 3.52. The van der Waals surface area contributed by atoms with Crippen molar-refractivity contribution in [2.24, 2.45) is 5.92 Å². The number of amides is 2. The van der Waals surface area contributed by atoms with Gasteiger partial charge >= 0.3 is 0 Å². The molecule has 0 heterocycles. The Kier molecular flexibility index (Phi) is 4.52. The molecule has 0 bridgehead atoms. The van der Waals surface area contributed by atoms with Gasteiger partial charge in [-0.05, 0) is 13.8 Å². The smallest absolute Gasteiger partial charge is 0.247 e. The maximum absolute atomic E-state index is 11.2.